The van der Waals surface area contributed by atoms with Gasteiger partial charge in [0, 0.05) is 48.6 Å². The van der Waals surface area contributed by atoms with E-state index in [9.17, 15) is 9.50 Å². The Morgan fingerprint density at radius 1 is 1.17 bits per heavy atom. The van der Waals surface area contributed by atoms with Gasteiger partial charge in [-0.15, -0.1) is 10.2 Å². The predicted molar refractivity (Wildman–Crippen MR) is 105 cm³/mol. The van der Waals surface area contributed by atoms with Crippen LogP contribution in [0.3, 0.4) is 0 Å². The second-order valence-electron chi connectivity index (χ2n) is 7.73. The van der Waals surface area contributed by atoms with Crippen molar-refractivity contribution in [3.63, 3.8) is 0 Å². The number of alkyl halides is 1. The number of nitrogens with zero attached hydrogens (tertiary/aromatic N) is 5. The predicted octanol–water partition coefficient (Wildman–Crippen LogP) is 2.99. The molecule has 1 aromatic carbocycles. The molecule has 0 spiro atoms. The summed E-state index contributed by atoms with van der Waals surface area (Å²) in [5.41, 5.74) is 1.88. The molecule has 0 amide bonds. The normalized spacial score (nSPS) is 26.6. The van der Waals surface area contributed by atoms with Gasteiger partial charge in [-0.1, -0.05) is 0 Å². The van der Waals surface area contributed by atoms with Crippen molar-refractivity contribution in [1.29, 1.82) is 0 Å². The highest BCUT2D eigenvalue weighted by atomic mass is 19.1. The Kier molecular flexibility index (Phi) is 4.43. The van der Waals surface area contributed by atoms with E-state index in [4.69, 9.17) is 4.74 Å². The van der Waals surface area contributed by atoms with E-state index in [2.05, 4.69) is 20.1 Å². The van der Waals surface area contributed by atoms with Crippen LogP contribution in [0, 0.1) is 0 Å². The molecule has 5 rings (SSSR count). The first-order valence-electron chi connectivity index (χ1n) is 9.78. The maximum absolute atomic E-state index is 14.8. The van der Waals surface area contributed by atoms with E-state index >= 15 is 0 Å². The van der Waals surface area contributed by atoms with Crippen molar-refractivity contribution in [2.75, 3.05) is 7.05 Å². The number of aromatic nitrogens is 4. The van der Waals surface area contributed by atoms with Gasteiger partial charge >= 0.3 is 0 Å². The van der Waals surface area contributed by atoms with Crippen molar-refractivity contribution in [2.24, 2.45) is 0 Å². The van der Waals surface area contributed by atoms with Crippen molar-refractivity contribution in [3.8, 4) is 28.6 Å². The van der Waals surface area contributed by atoms with Gasteiger partial charge in [0.05, 0.1) is 17.7 Å². The highest BCUT2D eigenvalue weighted by Gasteiger charge is 2.47. The lowest BCUT2D eigenvalue weighted by Gasteiger charge is -2.38. The van der Waals surface area contributed by atoms with Crippen LogP contribution < -0.4 is 4.74 Å². The molecular formula is C21H22FN5O2. The molecule has 7 nitrogen and oxygen atoms in total. The molecule has 2 saturated heterocycles. The van der Waals surface area contributed by atoms with Crippen molar-refractivity contribution >= 4 is 0 Å². The number of hydrogen-bond acceptors (Lipinski definition) is 6. The van der Waals surface area contributed by atoms with E-state index in [0.29, 0.717) is 29.6 Å². The lowest BCUT2D eigenvalue weighted by molar-refractivity contribution is -0.0134. The zero-order chi connectivity index (χ0) is 20.0. The van der Waals surface area contributed by atoms with E-state index in [-0.39, 0.29) is 11.8 Å². The molecule has 2 bridgehead atoms. The molecule has 0 saturated carbocycles. The molecule has 0 aliphatic carbocycles. The zero-order valence-corrected chi connectivity index (χ0v) is 16.0. The molecule has 2 aromatic heterocycles. The smallest absolute Gasteiger partial charge is 0.233 e. The van der Waals surface area contributed by atoms with E-state index in [1.165, 1.54) is 0 Å². The van der Waals surface area contributed by atoms with Crippen LogP contribution >= 0.6 is 0 Å². The van der Waals surface area contributed by atoms with Crippen LogP contribution in [0.4, 0.5) is 4.39 Å². The van der Waals surface area contributed by atoms with Crippen molar-refractivity contribution in [2.45, 2.75) is 43.6 Å². The lowest BCUT2D eigenvalue weighted by atomic mass is 9.98. The van der Waals surface area contributed by atoms with Gasteiger partial charge in [0.15, 0.2) is 6.17 Å². The minimum Gasteiger partial charge on any atom is -0.507 e. The largest absolute Gasteiger partial charge is 0.507 e. The summed E-state index contributed by atoms with van der Waals surface area (Å²) in [6.07, 6.45) is 6.16. The number of ether oxygens (including phenoxy) is 1. The summed E-state index contributed by atoms with van der Waals surface area (Å²) in [6.45, 7) is 0. The zero-order valence-electron chi connectivity index (χ0n) is 16.0. The summed E-state index contributed by atoms with van der Waals surface area (Å²) in [4.78, 5) is 6.14. The van der Waals surface area contributed by atoms with E-state index in [0.717, 1.165) is 18.5 Å². The Morgan fingerprint density at radius 2 is 2.07 bits per heavy atom. The fourth-order valence-electron chi connectivity index (χ4n) is 4.46. The maximum Gasteiger partial charge on any atom is 0.233 e. The Bertz CT molecular complexity index is 995. The number of hydrogen-bond donors (Lipinski definition) is 1. The topological polar surface area (TPSA) is 76.3 Å². The molecule has 150 valence electrons. The van der Waals surface area contributed by atoms with Gasteiger partial charge in [-0.2, -0.15) is 0 Å². The van der Waals surface area contributed by atoms with Gasteiger partial charge in [0.1, 0.15) is 11.9 Å². The first-order valence-corrected chi connectivity index (χ1v) is 9.78. The van der Waals surface area contributed by atoms with E-state index in [1.54, 1.807) is 47.6 Å². The second-order valence-corrected chi connectivity index (χ2v) is 7.73. The maximum atomic E-state index is 14.8. The van der Waals surface area contributed by atoms with Gasteiger partial charge in [0.25, 0.3) is 0 Å². The molecule has 29 heavy (non-hydrogen) atoms. The molecule has 1 N–H and O–H groups in total. The quantitative estimate of drug-likeness (QED) is 0.732. The Morgan fingerprint density at radius 3 is 2.79 bits per heavy atom. The fraction of sp³-hybridized carbons (Fsp3) is 0.381. The van der Waals surface area contributed by atoms with Crippen LogP contribution in [0.5, 0.6) is 11.6 Å². The second kappa shape index (κ2) is 7.11. The third-order valence-electron chi connectivity index (χ3n) is 6.09. The SMILES string of the molecule is CN1C2CCC1[C@H](F)[C@H](Oc1ccc(-c3ccc(-n4ccnc4)cc3O)nn1)C2. The van der Waals surface area contributed by atoms with Crippen LogP contribution in [0.25, 0.3) is 16.9 Å². The Hall–Kier alpha value is -3.00. The van der Waals surface area contributed by atoms with Gasteiger partial charge in [0.2, 0.25) is 5.88 Å². The summed E-state index contributed by atoms with van der Waals surface area (Å²) in [5.74, 6) is 0.398. The number of aromatic hydroxyl groups is 1. The average molecular weight is 395 g/mol. The molecule has 2 aliphatic heterocycles. The van der Waals surface area contributed by atoms with Crippen LogP contribution in [0.15, 0.2) is 49.1 Å². The molecule has 0 radical (unpaired) electrons. The summed E-state index contributed by atoms with van der Waals surface area (Å²) < 4.78 is 22.4. The Labute approximate surface area is 167 Å². The van der Waals surface area contributed by atoms with Crippen LogP contribution in [-0.4, -0.2) is 61.2 Å². The molecular weight excluding hydrogens is 373 g/mol. The van der Waals surface area contributed by atoms with Crippen LogP contribution in [0.2, 0.25) is 0 Å². The number of fused-ring (bicyclic) bond motifs is 2. The first kappa shape index (κ1) is 18.1. The molecule has 8 heteroatoms. The average Bonchev–Trinajstić information content (AvgIpc) is 3.35. The van der Waals surface area contributed by atoms with Crippen molar-refractivity contribution in [3.05, 3.63) is 49.1 Å². The van der Waals surface area contributed by atoms with E-state index < -0.39 is 12.3 Å². The van der Waals surface area contributed by atoms with Crippen molar-refractivity contribution < 1.29 is 14.2 Å². The number of phenolic OH excluding ortho intramolecular Hbond substituents is 1. The summed E-state index contributed by atoms with van der Waals surface area (Å²) in [6, 6.07) is 8.99. The van der Waals surface area contributed by atoms with E-state index in [1.807, 2.05) is 13.1 Å². The molecule has 4 atom stereocenters. The summed E-state index contributed by atoms with van der Waals surface area (Å²) >= 11 is 0. The standard InChI is InChI=1S/C21H22FN5O2/c1-26-13-3-6-17(26)21(22)19(11-13)29-20-7-5-16(24-25-20)15-4-2-14(10-18(15)28)27-9-8-23-12-27/h2,4-5,7-10,12-13,17,19,21,28H,3,6,11H2,1H3/t13?,17?,19-,21+/m1/s1. The minimum atomic E-state index is -1.03. The van der Waals surface area contributed by atoms with Gasteiger partial charge in [-0.25, -0.2) is 9.37 Å². The molecule has 2 aliphatic rings. The lowest BCUT2D eigenvalue weighted by Crippen LogP contribution is -2.52. The van der Waals surface area contributed by atoms with Gasteiger partial charge < -0.3 is 14.4 Å². The third kappa shape index (κ3) is 3.23. The van der Waals surface area contributed by atoms with Gasteiger partial charge in [-0.3, -0.25) is 4.90 Å². The molecule has 2 unspecified atom stereocenters. The number of imidazole rings is 1. The monoisotopic (exact) mass is 395 g/mol. The third-order valence-corrected chi connectivity index (χ3v) is 6.09. The number of piperidine rings is 1. The Balaban J connectivity index is 1.32. The van der Waals surface area contributed by atoms with Gasteiger partial charge in [-0.05, 0) is 38.1 Å². The minimum absolute atomic E-state index is 0.0723. The molecule has 4 heterocycles. The van der Waals surface area contributed by atoms with Crippen LogP contribution in [0.1, 0.15) is 19.3 Å². The highest BCUT2D eigenvalue weighted by Crippen LogP contribution is 2.37. The number of halogens is 1. The first-order chi connectivity index (χ1) is 14.1. The highest BCUT2D eigenvalue weighted by molar-refractivity contribution is 5.68. The summed E-state index contributed by atoms with van der Waals surface area (Å²) in [7, 11) is 1.99. The fourth-order valence-corrected chi connectivity index (χ4v) is 4.46. The number of benzene rings is 1. The van der Waals surface area contributed by atoms with Crippen LogP contribution in [-0.2, 0) is 0 Å². The van der Waals surface area contributed by atoms with Crippen molar-refractivity contribution in [1.82, 2.24) is 24.6 Å². The number of phenols is 1. The number of rotatable bonds is 4. The molecule has 2 fully saturated rings. The summed E-state index contributed by atoms with van der Waals surface area (Å²) in [5, 5.41) is 18.7. The molecule has 3 aromatic rings.